The zero-order valence-corrected chi connectivity index (χ0v) is 13.1. The summed E-state index contributed by atoms with van der Waals surface area (Å²) in [6.07, 6.45) is 7.81. The van der Waals surface area contributed by atoms with Gasteiger partial charge in [-0.3, -0.25) is 4.79 Å². The molecule has 0 aromatic carbocycles. The van der Waals surface area contributed by atoms with Crippen LogP contribution in [0.4, 0.5) is 0 Å². The quantitative estimate of drug-likeness (QED) is 0.764. The summed E-state index contributed by atoms with van der Waals surface area (Å²) in [5.74, 6) is 0.262. The molecule has 19 heavy (non-hydrogen) atoms. The summed E-state index contributed by atoms with van der Waals surface area (Å²) in [6.45, 7) is 6.97. The Bertz CT molecular complexity index is 278. The Hall–Kier alpha value is -0.570. The van der Waals surface area contributed by atoms with Crippen molar-refractivity contribution >= 4 is 5.97 Å². The van der Waals surface area contributed by atoms with Crippen molar-refractivity contribution in [2.45, 2.75) is 71.8 Å². The molecule has 1 saturated carbocycles. The van der Waals surface area contributed by atoms with Crippen molar-refractivity contribution < 1.29 is 9.90 Å². The number of rotatable bonds is 7. The maximum Gasteiger partial charge on any atom is 0.310 e. The lowest BCUT2D eigenvalue weighted by molar-refractivity contribution is -0.151. The highest BCUT2D eigenvalue weighted by molar-refractivity contribution is 5.74. The Morgan fingerprint density at radius 1 is 1.16 bits per heavy atom. The fraction of sp³-hybridized carbons (Fsp3) is 0.938. The predicted molar refractivity (Wildman–Crippen MR) is 79.3 cm³/mol. The lowest BCUT2D eigenvalue weighted by Crippen LogP contribution is -2.46. The Balaban J connectivity index is 2.58. The minimum Gasteiger partial charge on any atom is -0.481 e. The van der Waals surface area contributed by atoms with Gasteiger partial charge in [-0.15, -0.1) is 0 Å². The molecular formula is C16H31NO2. The molecule has 112 valence electrons. The Morgan fingerprint density at radius 3 is 2.05 bits per heavy atom. The molecule has 0 spiro atoms. The number of carbonyl (C=O) groups is 1. The minimum absolute atomic E-state index is 0.559. The van der Waals surface area contributed by atoms with E-state index in [0.717, 1.165) is 5.92 Å². The molecule has 0 radical (unpaired) electrons. The van der Waals surface area contributed by atoms with Crippen molar-refractivity contribution in [1.82, 2.24) is 4.90 Å². The van der Waals surface area contributed by atoms with E-state index in [-0.39, 0.29) is 0 Å². The van der Waals surface area contributed by atoms with Crippen LogP contribution in [-0.4, -0.2) is 35.6 Å². The first-order chi connectivity index (χ1) is 8.99. The first-order valence-corrected chi connectivity index (χ1v) is 7.92. The molecule has 1 rings (SSSR count). The summed E-state index contributed by atoms with van der Waals surface area (Å²) in [7, 11) is 2.11. The average molecular weight is 269 g/mol. The molecule has 0 heterocycles. The number of carboxylic acids is 1. The van der Waals surface area contributed by atoms with Gasteiger partial charge in [-0.05, 0) is 51.5 Å². The van der Waals surface area contributed by atoms with E-state index in [1.54, 1.807) is 0 Å². The van der Waals surface area contributed by atoms with Crippen LogP contribution in [0.5, 0.6) is 0 Å². The molecule has 0 aromatic heterocycles. The largest absolute Gasteiger partial charge is 0.481 e. The van der Waals surface area contributed by atoms with Gasteiger partial charge in [0.15, 0.2) is 0 Å². The predicted octanol–water partition coefficient (Wildman–Crippen LogP) is 3.78. The standard InChI is InChI=1S/C16H31NO2/c1-5-13-8-10-14(11-9-13)17(4)12-16(6-2,7-3)15(18)19/h13-14H,5-12H2,1-4H3,(H,18,19). The van der Waals surface area contributed by atoms with Gasteiger partial charge >= 0.3 is 5.97 Å². The Labute approximate surface area is 118 Å². The monoisotopic (exact) mass is 269 g/mol. The van der Waals surface area contributed by atoms with Gasteiger partial charge in [0, 0.05) is 12.6 Å². The minimum atomic E-state index is -0.633. The molecule has 0 saturated heterocycles. The van der Waals surface area contributed by atoms with E-state index in [2.05, 4.69) is 18.9 Å². The van der Waals surface area contributed by atoms with Crippen LogP contribution in [0.3, 0.4) is 0 Å². The number of hydrogen-bond acceptors (Lipinski definition) is 2. The van der Waals surface area contributed by atoms with Gasteiger partial charge in [-0.25, -0.2) is 0 Å². The van der Waals surface area contributed by atoms with Crippen LogP contribution >= 0.6 is 0 Å². The molecule has 1 aliphatic carbocycles. The SMILES string of the molecule is CCC1CCC(N(C)CC(CC)(CC)C(=O)O)CC1. The van der Waals surface area contributed by atoms with Gasteiger partial charge in [0.1, 0.15) is 0 Å². The van der Waals surface area contributed by atoms with Crippen LogP contribution in [0.1, 0.15) is 65.7 Å². The Kier molecular flexibility index (Phi) is 6.31. The normalized spacial score (nSPS) is 24.7. The molecule has 0 bridgehead atoms. The van der Waals surface area contributed by atoms with E-state index in [1.807, 2.05) is 13.8 Å². The second-order valence-electron chi connectivity index (χ2n) is 6.29. The highest BCUT2D eigenvalue weighted by Crippen LogP contribution is 2.33. The van der Waals surface area contributed by atoms with Crippen LogP contribution in [0.25, 0.3) is 0 Å². The summed E-state index contributed by atoms with van der Waals surface area (Å²) in [4.78, 5) is 13.9. The van der Waals surface area contributed by atoms with Crippen molar-refractivity contribution in [1.29, 1.82) is 0 Å². The van der Waals surface area contributed by atoms with Crippen LogP contribution < -0.4 is 0 Å². The first-order valence-electron chi connectivity index (χ1n) is 7.92. The number of aliphatic carboxylic acids is 1. The average Bonchev–Trinajstić information content (AvgIpc) is 2.44. The summed E-state index contributed by atoms with van der Waals surface area (Å²) >= 11 is 0. The van der Waals surface area contributed by atoms with Crippen molar-refractivity contribution in [2.75, 3.05) is 13.6 Å². The van der Waals surface area contributed by atoms with Crippen LogP contribution in [0, 0.1) is 11.3 Å². The zero-order chi connectivity index (χ0) is 14.5. The summed E-state index contributed by atoms with van der Waals surface area (Å²) in [5.41, 5.74) is -0.559. The van der Waals surface area contributed by atoms with Crippen molar-refractivity contribution in [3.05, 3.63) is 0 Å². The molecule has 3 heteroatoms. The van der Waals surface area contributed by atoms with Gasteiger partial charge in [0.25, 0.3) is 0 Å². The van der Waals surface area contributed by atoms with Crippen LogP contribution in [0.2, 0.25) is 0 Å². The van der Waals surface area contributed by atoms with Gasteiger partial charge < -0.3 is 10.0 Å². The Morgan fingerprint density at radius 2 is 1.68 bits per heavy atom. The van der Waals surface area contributed by atoms with Gasteiger partial charge in [0.2, 0.25) is 0 Å². The molecule has 3 nitrogen and oxygen atoms in total. The highest BCUT2D eigenvalue weighted by atomic mass is 16.4. The molecule has 0 aliphatic heterocycles. The van der Waals surface area contributed by atoms with E-state index in [9.17, 15) is 9.90 Å². The van der Waals surface area contributed by atoms with Gasteiger partial charge in [0.05, 0.1) is 5.41 Å². The molecule has 0 unspecified atom stereocenters. The maximum absolute atomic E-state index is 11.6. The number of nitrogens with zero attached hydrogens (tertiary/aromatic N) is 1. The van der Waals surface area contributed by atoms with E-state index in [4.69, 9.17) is 0 Å². The summed E-state index contributed by atoms with van der Waals surface area (Å²) in [5, 5.41) is 9.52. The third-order valence-corrected chi connectivity index (χ3v) is 5.38. The molecule has 0 atom stereocenters. The summed E-state index contributed by atoms with van der Waals surface area (Å²) in [6, 6.07) is 0.583. The molecular weight excluding hydrogens is 238 g/mol. The topological polar surface area (TPSA) is 40.5 Å². The van der Waals surface area contributed by atoms with Gasteiger partial charge in [-0.1, -0.05) is 27.2 Å². The van der Waals surface area contributed by atoms with Crippen LogP contribution in [0.15, 0.2) is 0 Å². The highest BCUT2D eigenvalue weighted by Gasteiger charge is 2.37. The second kappa shape index (κ2) is 7.28. The van der Waals surface area contributed by atoms with Crippen molar-refractivity contribution in [3.8, 4) is 0 Å². The molecule has 1 N–H and O–H groups in total. The third-order valence-electron chi connectivity index (χ3n) is 5.38. The molecule has 1 fully saturated rings. The van der Waals surface area contributed by atoms with E-state index in [1.165, 1.54) is 32.1 Å². The van der Waals surface area contributed by atoms with Crippen molar-refractivity contribution in [2.24, 2.45) is 11.3 Å². The lowest BCUT2D eigenvalue weighted by Gasteiger charge is -2.39. The molecule has 0 aromatic rings. The number of hydrogen-bond donors (Lipinski definition) is 1. The fourth-order valence-corrected chi connectivity index (χ4v) is 3.44. The van der Waals surface area contributed by atoms with Crippen molar-refractivity contribution in [3.63, 3.8) is 0 Å². The number of carboxylic acid groups (broad SMARTS) is 1. The first kappa shape index (κ1) is 16.5. The fourth-order valence-electron chi connectivity index (χ4n) is 3.44. The second-order valence-corrected chi connectivity index (χ2v) is 6.29. The smallest absolute Gasteiger partial charge is 0.310 e. The summed E-state index contributed by atoms with van der Waals surface area (Å²) < 4.78 is 0. The zero-order valence-electron chi connectivity index (χ0n) is 13.1. The van der Waals surface area contributed by atoms with E-state index < -0.39 is 11.4 Å². The van der Waals surface area contributed by atoms with Gasteiger partial charge in [-0.2, -0.15) is 0 Å². The van der Waals surface area contributed by atoms with E-state index in [0.29, 0.717) is 25.4 Å². The molecule has 1 aliphatic rings. The molecule has 0 amide bonds. The van der Waals surface area contributed by atoms with E-state index >= 15 is 0 Å². The maximum atomic E-state index is 11.6. The van der Waals surface area contributed by atoms with Crippen LogP contribution in [-0.2, 0) is 4.79 Å². The lowest BCUT2D eigenvalue weighted by atomic mass is 9.80. The third kappa shape index (κ3) is 3.95.